The molecule has 0 atom stereocenters. The first-order valence-electron chi connectivity index (χ1n) is 8.09. The predicted molar refractivity (Wildman–Crippen MR) is 97.0 cm³/mol. The summed E-state index contributed by atoms with van der Waals surface area (Å²) >= 11 is 0. The van der Waals surface area contributed by atoms with Crippen LogP contribution < -0.4 is 4.74 Å². The number of aryl methyl sites for hydroxylation is 2. The predicted octanol–water partition coefficient (Wildman–Crippen LogP) is 4.03. The van der Waals surface area contributed by atoms with Crippen molar-refractivity contribution in [1.29, 1.82) is 0 Å². The molecule has 26 heavy (non-hydrogen) atoms. The molecule has 0 heterocycles. The fourth-order valence-corrected chi connectivity index (χ4v) is 2.69. The minimum Gasteiger partial charge on any atom is -0.428 e. The molecule has 140 valence electrons. The molecule has 0 amide bonds. The Bertz CT molecular complexity index is 846. The van der Waals surface area contributed by atoms with Crippen LogP contribution in [0.4, 0.5) is 4.79 Å². The molecule has 2 aromatic rings. The first kappa shape index (κ1) is 19.9. The summed E-state index contributed by atoms with van der Waals surface area (Å²) in [6.07, 6.45) is 0.694. The van der Waals surface area contributed by atoms with Gasteiger partial charge in [-0.1, -0.05) is 24.3 Å². The zero-order valence-corrected chi connectivity index (χ0v) is 15.7. The number of carbonyl (C=O) groups is 1. The van der Waals surface area contributed by atoms with Gasteiger partial charge in [-0.25, -0.2) is 4.79 Å². The summed E-state index contributed by atoms with van der Waals surface area (Å²) in [4.78, 5) is 11.5. The SMILES string of the molecule is CC(C)(C)OC(=O)Oc1ccc(CCc2ccc(S(=O)(=O)O)cc2)cc1. The number of hydrogen-bond donors (Lipinski definition) is 1. The Balaban J connectivity index is 1.90. The van der Waals surface area contributed by atoms with E-state index in [-0.39, 0.29) is 4.90 Å². The van der Waals surface area contributed by atoms with Crippen molar-refractivity contribution in [3.63, 3.8) is 0 Å². The van der Waals surface area contributed by atoms with E-state index in [0.29, 0.717) is 12.2 Å². The number of carbonyl (C=O) groups excluding carboxylic acids is 1. The van der Waals surface area contributed by atoms with Crippen molar-refractivity contribution in [1.82, 2.24) is 0 Å². The maximum absolute atomic E-state index is 11.6. The summed E-state index contributed by atoms with van der Waals surface area (Å²) in [5.74, 6) is 0.403. The van der Waals surface area contributed by atoms with E-state index in [1.165, 1.54) is 12.1 Å². The lowest BCUT2D eigenvalue weighted by molar-refractivity contribution is 0.0206. The van der Waals surface area contributed by atoms with Gasteiger partial charge in [0.1, 0.15) is 11.4 Å². The van der Waals surface area contributed by atoms with Crippen LogP contribution in [0.5, 0.6) is 5.75 Å². The second-order valence-electron chi connectivity index (χ2n) is 6.83. The Labute approximate surface area is 153 Å². The third kappa shape index (κ3) is 6.50. The minimum absolute atomic E-state index is 0.120. The molecule has 0 saturated carbocycles. The van der Waals surface area contributed by atoms with E-state index in [1.807, 2.05) is 12.1 Å². The van der Waals surface area contributed by atoms with Crippen LogP contribution in [-0.4, -0.2) is 24.7 Å². The molecule has 6 nitrogen and oxygen atoms in total. The van der Waals surface area contributed by atoms with Crippen molar-refractivity contribution in [3.05, 3.63) is 59.7 Å². The summed E-state index contributed by atoms with van der Waals surface area (Å²) < 4.78 is 41.2. The van der Waals surface area contributed by atoms with E-state index in [9.17, 15) is 13.2 Å². The lowest BCUT2D eigenvalue weighted by atomic mass is 10.0. The molecular weight excluding hydrogens is 356 g/mol. The third-order valence-electron chi connectivity index (χ3n) is 3.44. The van der Waals surface area contributed by atoms with E-state index in [2.05, 4.69) is 0 Å². The van der Waals surface area contributed by atoms with Crippen LogP contribution in [0.1, 0.15) is 31.9 Å². The van der Waals surface area contributed by atoms with E-state index in [4.69, 9.17) is 14.0 Å². The van der Waals surface area contributed by atoms with Crippen LogP contribution in [0.2, 0.25) is 0 Å². The molecule has 0 aliphatic heterocycles. The molecule has 0 bridgehead atoms. The van der Waals surface area contributed by atoms with E-state index >= 15 is 0 Å². The van der Waals surface area contributed by atoms with Gasteiger partial charge in [-0.3, -0.25) is 4.55 Å². The van der Waals surface area contributed by atoms with Crippen LogP contribution >= 0.6 is 0 Å². The molecule has 0 aliphatic rings. The number of rotatable bonds is 5. The number of hydrogen-bond acceptors (Lipinski definition) is 5. The zero-order chi connectivity index (χ0) is 19.4. The van der Waals surface area contributed by atoms with E-state index in [1.54, 1.807) is 45.0 Å². The van der Waals surface area contributed by atoms with Crippen LogP contribution in [0, 0.1) is 0 Å². The fraction of sp³-hybridized carbons (Fsp3) is 0.316. The Morgan fingerprint density at radius 3 is 1.81 bits per heavy atom. The molecule has 0 aliphatic carbocycles. The van der Waals surface area contributed by atoms with Gasteiger partial charge in [0.25, 0.3) is 10.1 Å². The van der Waals surface area contributed by atoms with Crippen LogP contribution in [0.15, 0.2) is 53.4 Å². The summed E-state index contributed by atoms with van der Waals surface area (Å²) in [6, 6.07) is 13.2. The van der Waals surface area contributed by atoms with Crippen molar-refractivity contribution < 1.29 is 27.2 Å². The quantitative estimate of drug-likeness (QED) is 0.480. The van der Waals surface area contributed by atoms with Gasteiger partial charge in [-0.15, -0.1) is 0 Å². The van der Waals surface area contributed by atoms with Gasteiger partial charge < -0.3 is 9.47 Å². The zero-order valence-electron chi connectivity index (χ0n) is 14.9. The highest BCUT2D eigenvalue weighted by Gasteiger charge is 2.18. The first-order valence-corrected chi connectivity index (χ1v) is 9.53. The maximum atomic E-state index is 11.6. The van der Waals surface area contributed by atoms with Crippen LogP contribution in [0.25, 0.3) is 0 Å². The van der Waals surface area contributed by atoms with Gasteiger partial charge in [0.05, 0.1) is 4.90 Å². The second-order valence-corrected chi connectivity index (χ2v) is 8.25. The third-order valence-corrected chi connectivity index (χ3v) is 4.31. The van der Waals surface area contributed by atoms with Gasteiger partial charge >= 0.3 is 6.16 Å². The van der Waals surface area contributed by atoms with Crippen molar-refractivity contribution >= 4 is 16.3 Å². The van der Waals surface area contributed by atoms with Crippen molar-refractivity contribution in [2.45, 2.75) is 44.1 Å². The smallest absolute Gasteiger partial charge is 0.428 e. The second kappa shape index (κ2) is 7.88. The number of ether oxygens (including phenoxy) is 2. The molecule has 0 aromatic heterocycles. The monoisotopic (exact) mass is 378 g/mol. The summed E-state index contributed by atoms with van der Waals surface area (Å²) in [6.45, 7) is 5.29. The van der Waals surface area contributed by atoms with Crippen LogP contribution in [-0.2, 0) is 27.7 Å². The lowest BCUT2D eigenvalue weighted by Gasteiger charge is -2.18. The Morgan fingerprint density at radius 1 is 0.923 bits per heavy atom. The lowest BCUT2D eigenvalue weighted by Crippen LogP contribution is -2.25. The molecule has 0 saturated heterocycles. The van der Waals surface area contributed by atoms with Gasteiger partial charge in [-0.2, -0.15) is 8.42 Å². The molecule has 2 aromatic carbocycles. The van der Waals surface area contributed by atoms with Gasteiger partial charge in [0.15, 0.2) is 0 Å². The highest BCUT2D eigenvalue weighted by atomic mass is 32.2. The molecule has 1 N–H and O–H groups in total. The molecule has 0 fully saturated rings. The summed E-state index contributed by atoms with van der Waals surface area (Å²) in [5.41, 5.74) is 1.38. The molecule has 0 spiro atoms. The Kier molecular flexibility index (Phi) is 6.05. The molecular formula is C19H22O6S. The average molecular weight is 378 g/mol. The topological polar surface area (TPSA) is 89.9 Å². The first-order chi connectivity index (χ1) is 12.0. The fourth-order valence-electron chi connectivity index (χ4n) is 2.21. The minimum atomic E-state index is -4.16. The highest BCUT2D eigenvalue weighted by molar-refractivity contribution is 7.85. The average Bonchev–Trinajstić information content (AvgIpc) is 2.52. The van der Waals surface area contributed by atoms with Gasteiger partial charge in [0.2, 0.25) is 0 Å². The molecule has 0 radical (unpaired) electrons. The van der Waals surface area contributed by atoms with Crippen molar-refractivity contribution in [2.24, 2.45) is 0 Å². The maximum Gasteiger partial charge on any atom is 0.514 e. The molecule has 0 unspecified atom stereocenters. The Hall–Kier alpha value is -2.38. The van der Waals surface area contributed by atoms with Crippen LogP contribution in [0.3, 0.4) is 0 Å². The van der Waals surface area contributed by atoms with Crippen molar-refractivity contribution in [3.8, 4) is 5.75 Å². The van der Waals surface area contributed by atoms with Gasteiger partial charge in [0, 0.05) is 0 Å². The summed E-state index contributed by atoms with van der Waals surface area (Å²) in [7, 11) is -4.16. The molecule has 7 heteroatoms. The standard InChI is InChI=1S/C19H22O6S/c1-19(2,3)25-18(20)24-16-10-6-14(7-11-16)4-5-15-8-12-17(13-9-15)26(21,22)23/h6-13H,4-5H2,1-3H3,(H,21,22,23). The normalized spacial score (nSPS) is 11.8. The Morgan fingerprint density at radius 2 is 1.38 bits per heavy atom. The number of benzene rings is 2. The largest absolute Gasteiger partial charge is 0.514 e. The van der Waals surface area contributed by atoms with E-state index < -0.39 is 21.9 Å². The molecule has 2 rings (SSSR count). The summed E-state index contributed by atoms with van der Waals surface area (Å²) in [5, 5.41) is 0. The van der Waals surface area contributed by atoms with E-state index in [0.717, 1.165) is 17.5 Å². The van der Waals surface area contributed by atoms with Crippen molar-refractivity contribution in [2.75, 3.05) is 0 Å². The van der Waals surface area contributed by atoms with Gasteiger partial charge in [-0.05, 0) is 69.0 Å². The highest BCUT2D eigenvalue weighted by Crippen LogP contribution is 2.17.